The number of non-ortho nitro benzene ring substituents is 1. The van der Waals surface area contributed by atoms with E-state index in [4.69, 9.17) is 9.47 Å². The number of Topliss-reactive ketones (excluding diaryl/α,β-unsaturated/α-hetero) is 1. The molecule has 3 aromatic carbocycles. The average molecular weight is 576 g/mol. The Kier molecular flexibility index (Phi) is 6.33. The summed E-state index contributed by atoms with van der Waals surface area (Å²) in [6.07, 6.45) is 1.75. The molecule has 0 radical (unpaired) electrons. The minimum atomic E-state index is -0.749. The molecule has 1 aliphatic heterocycles. The summed E-state index contributed by atoms with van der Waals surface area (Å²) in [6.45, 7) is 0. The Labute approximate surface area is 204 Å². The molecule has 0 bridgehead atoms. The molecule has 33 heavy (non-hydrogen) atoms. The lowest BCUT2D eigenvalue weighted by Crippen LogP contribution is -1.99. The summed E-state index contributed by atoms with van der Waals surface area (Å²) in [6, 6.07) is 13.9. The maximum absolute atomic E-state index is 12.7. The predicted octanol–water partition coefficient (Wildman–Crippen LogP) is 6.24. The fourth-order valence-corrected chi connectivity index (χ4v) is 4.95. The van der Waals surface area contributed by atoms with E-state index in [0.717, 1.165) is 17.0 Å². The molecular formula is C22H13IN2O7S. The second kappa shape index (κ2) is 9.19. The zero-order valence-electron chi connectivity index (χ0n) is 16.8. The number of allylic oxidation sites excluding steroid dienone is 1. The zero-order valence-corrected chi connectivity index (χ0v) is 19.8. The van der Waals surface area contributed by atoms with Gasteiger partial charge in [0.15, 0.2) is 11.5 Å². The van der Waals surface area contributed by atoms with Crippen LogP contribution in [0.2, 0.25) is 0 Å². The first-order valence-electron chi connectivity index (χ1n) is 9.30. The normalized spacial score (nSPS) is 13.6. The van der Waals surface area contributed by atoms with Crippen LogP contribution in [0.1, 0.15) is 15.9 Å². The van der Waals surface area contributed by atoms with Gasteiger partial charge in [-0.25, -0.2) is 0 Å². The van der Waals surface area contributed by atoms with Gasteiger partial charge in [0, 0.05) is 16.5 Å². The Hall–Kier alpha value is -3.45. The molecule has 1 heterocycles. The SMILES string of the molecule is COc1cc(/C=C2\Sc3ccccc3C2=O)cc(I)c1Oc1ccc([N+](=O)[O-])cc1[N+](=O)[O-]. The quantitative estimate of drug-likeness (QED) is 0.146. The summed E-state index contributed by atoms with van der Waals surface area (Å²) in [7, 11) is 1.42. The lowest BCUT2D eigenvalue weighted by molar-refractivity contribution is -0.394. The van der Waals surface area contributed by atoms with Crippen molar-refractivity contribution in [2.75, 3.05) is 7.11 Å². The molecule has 0 amide bonds. The van der Waals surface area contributed by atoms with Crippen LogP contribution in [0.25, 0.3) is 6.08 Å². The minimum Gasteiger partial charge on any atom is -0.493 e. The number of carbonyl (C=O) groups excluding carboxylic acids is 1. The summed E-state index contributed by atoms with van der Waals surface area (Å²) in [5.74, 6) is 0.275. The molecule has 0 atom stereocenters. The molecule has 9 nitrogen and oxygen atoms in total. The summed E-state index contributed by atoms with van der Waals surface area (Å²) >= 11 is 3.38. The molecular weight excluding hydrogens is 563 g/mol. The Morgan fingerprint density at radius 2 is 1.76 bits per heavy atom. The third-order valence-electron chi connectivity index (χ3n) is 4.69. The Balaban J connectivity index is 1.70. The summed E-state index contributed by atoms with van der Waals surface area (Å²) in [5.41, 5.74) is 0.377. The molecule has 11 heteroatoms. The second-order valence-electron chi connectivity index (χ2n) is 6.74. The van der Waals surface area contributed by atoms with E-state index in [1.165, 1.54) is 24.9 Å². The highest BCUT2D eigenvalue weighted by molar-refractivity contribution is 14.1. The number of hydrogen-bond acceptors (Lipinski definition) is 8. The van der Waals surface area contributed by atoms with E-state index in [1.807, 2.05) is 40.8 Å². The van der Waals surface area contributed by atoms with Gasteiger partial charge in [-0.15, -0.1) is 0 Å². The predicted molar refractivity (Wildman–Crippen MR) is 130 cm³/mol. The number of nitrogens with zero attached hydrogens (tertiary/aromatic N) is 2. The van der Waals surface area contributed by atoms with Gasteiger partial charge in [0.2, 0.25) is 11.5 Å². The lowest BCUT2D eigenvalue weighted by atomic mass is 10.1. The van der Waals surface area contributed by atoms with Crippen LogP contribution in [0, 0.1) is 23.8 Å². The van der Waals surface area contributed by atoms with Crippen molar-refractivity contribution in [1.29, 1.82) is 0 Å². The van der Waals surface area contributed by atoms with Crippen LogP contribution >= 0.6 is 34.4 Å². The molecule has 0 aliphatic carbocycles. The number of nitro benzene ring substituents is 2. The number of fused-ring (bicyclic) bond motifs is 1. The highest BCUT2D eigenvalue weighted by Crippen LogP contribution is 2.44. The first-order valence-corrected chi connectivity index (χ1v) is 11.2. The smallest absolute Gasteiger partial charge is 0.318 e. The fraction of sp³-hybridized carbons (Fsp3) is 0.0455. The number of carbonyl (C=O) groups is 1. The van der Waals surface area contributed by atoms with Gasteiger partial charge in [-0.3, -0.25) is 25.0 Å². The van der Waals surface area contributed by atoms with Crippen LogP contribution in [0.15, 0.2) is 64.4 Å². The van der Waals surface area contributed by atoms with Gasteiger partial charge in [0.1, 0.15) is 0 Å². The largest absolute Gasteiger partial charge is 0.493 e. The number of halogens is 1. The fourth-order valence-electron chi connectivity index (χ4n) is 3.17. The van der Waals surface area contributed by atoms with Crippen LogP contribution < -0.4 is 9.47 Å². The van der Waals surface area contributed by atoms with E-state index in [9.17, 15) is 25.0 Å². The second-order valence-corrected chi connectivity index (χ2v) is 8.98. The summed E-state index contributed by atoms with van der Waals surface area (Å²) in [5, 5.41) is 22.4. The molecule has 0 N–H and O–H groups in total. The van der Waals surface area contributed by atoms with E-state index >= 15 is 0 Å². The van der Waals surface area contributed by atoms with Crippen molar-refractivity contribution >= 4 is 57.6 Å². The maximum Gasteiger partial charge on any atom is 0.318 e. The number of methoxy groups -OCH3 is 1. The van der Waals surface area contributed by atoms with Gasteiger partial charge >= 0.3 is 5.69 Å². The van der Waals surface area contributed by atoms with Gasteiger partial charge < -0.3 is 9.47 Å². The van der Waals surface area contributed by atoms with Gasteiger partial charge in [-0.2, -0.15) is 0 Å². The molecule has 0 unspecified atom stereocenters. The van der Waals surface area contributed by atoms with Crippen molar-refractivity contribution in [3.63, 3.8) is 0 Å². The van der Waals surface area contributed by atoms with Crippen molar-refractivity contribution < 1.29 is 24.1 Å². The Morgan fingerprint density at radius 3 is 2.42 bits per heavy atom. The van der Waals surface area contributed by atoms with E-state index in [2.05, 4.69) is 0 Å². The lowest BCUT2D eigenvalue weighted by Gasteiger charge is -2.13. The Bertz CT molecular complexity index is 1360. The van der Waals surface area contributed by atoms with E-state index in [0.29, 0.717) is 19.6 Å². The van der Waals surface area contributed by atoms with E-state index in [1.54, 1.807) is 24.3 Å². The molecule has 0 saturated carbocycles. The van der Waals surface area contributed by atoms with Gasteiger partial charge in [-0.1, -0.05) is 23.9 Å². The van der Waals surface area contributed by atoms with E-state index in [-0.39, 0.29) is 23.0 Å². The van der Waals surface area contributed by atoms with Crippen LogP contribution in [-0.4, -0.2) is 22.7 Å². The first-order chi connectivity index (χ1) is 15.8. The number of ketones is 1. The molecule has 166 valence electrons. The van der Waals surface area contributed by atoms with Crippen molar-refractivity contribution in [2.24, 2.45) is 0 Å². The molecule has 3 aromatic rings. The highest BCUT2D eigenvalue weighted by atomic mass is 127. The van der Waals surface area contributed by atoms with Gasteiger partial charge in [-0.05, 0) is 64.6 Å². The first kappa shape index (κ1) is 22.7. The maximum atomic E-state index is 12.7. The number of benzene rings is 3. The average Bonchev–Trinajstić information content (AvgIpc) is 3.10. The highest BCUT2D eigenvalue weighted by Gasteiger charge is 2.26. The topological polar surface area (TPSA) is 122 Å². The number of rotatable bonds is 6. The zero-order chi connectivity index (χ0) is 23.7. The molecule has 0 fully saturated rings. The van der Waals surface area contributed by atoms with Gasteiger partial charge in [0.25, 0.3) is 5.69 Å². The minimum absolute atomic E-state index is 0.0635. The van der Waals surface area contributed by atoms with Crippen molar-refractivity contribution in [3.8, 4) is 17.2 Å². The van der Waals surface area contributed by atoms with E-state index < -0.39 is 21.2 Å². The standard InChI is InChI=1S/C22H13IN2O7S/c1-31-18-9-12(10-20-21(26)14-4-2-3-5-19(14)33-20)8-15(23)22(18)32-17-7-6-13(24(27)28)11-16(17)25(29)30/h2-11H,1H3/b20-10-. The molecule has 0 spiro atoms. The monoisotopic (exact) mass is 576 g/mol. The van der Waals surface area contributed by atoms with Crippen LogP contribution in [0.3, 0.4) is 0 Å². The van der Waals surface area contributed by atoms with Crippen molar-refractivity contribution in [3.05, 3.63) is 94.4 Å². The molecule has 0 aromatic heterocycles. The number of ether oxygens (including phenoxy) is 2. The summed E-state index contributed by atoms with van der Waals surface area (Å²) < 4.78 is 11.8. The van der Waals surface area contributed by atoms with Crippen molar-refractivity contribution in [2.45, 2.75) is 4.90 Å². The molecule has 1 aliphatic rings. The number of hydrogen-bond donors (Lipinski definition) is 0. The third-order valence-corrected chi connectivity index (χ3v) is 6.59. The number of nitro groups is 2. The van der Waals surface area contributed by atoms with Crippen LogP contribution in [-0.2, 0) is 0 Å². The molecule has 4 rings (SSSR count). The third kappa shape index (κ3) is 4.54. The van der Waals surface area contributed by atoms with Crippen molar-refractivity contribution in [1.82, 2.24) is 0 Å². The van der Waals surface area contributed by atoms with Crippen LogP contribution in [0.4, 0.5) is 11.4 Å². The molecule has 0 saturated heterocycles. The van der Waals surface area contributed by atoms with Crippen LogP contribution in [0.5, 0.6) is 17.2 Å². The van der Waals surface area contributed by atoms with Gasteiger partial charge in [0.05, 0.1) is 31.5 Å². The summed E-state index contributed by atoms with van der Waals surface area (Å²) in [4.78, 5) is 35.0. The Morgan fingerprint density at radius 1 is 1.00 bits per heavy atom. The number of thioether (sulfide) groups is 1.